The zero-order valence-electron chi connectivity index (χ0n) is 19.6. The summed E-state index contributed by atoms with van der Waals surface area (Å²) in [6, 6.07) is 9.32. The van der Waals surface area contributed by atoms with Crippen LogP contribution in [0.4, 0.5) is 0 Å². The molecule has 0 heterocycles. The van der Waals surface area contributed by atoms with E-state index in [9.17, 15) is 0 Å². The van der Waals surface area contributed by atoms with E-state index >= 15 is 0 Å². The Morgan fingerprint density at radius 3 is 1.85 bits per heavy atom. The van der Waals surface area contributed by atoms with Crippen LogP contribution < -0.4 is 5.32 Å². The molecular formula is C25H46N2. The van der Waals surface area contributed by atoms with Crippen molar-refractivity contribution in [3.63, 3.8) is 0 Å². The molecule has 1 aromatic rings. The summed E-state index contributed by atoms with van der Waals surface area (Å²) in [6.07, 6.45) is 4.93. The molecule has 1 atom stereocenters. The first-order chi connectivity index (χ1) is 12.8. The molecule has 2 nitrogen and oxygen atoms in total. The second-order valence-corrected chi connectivity index (χ2v) is 6.65. The molecule has 27 heavy (non-hydrogen) atoms. The van der Waals surface area contributed by atoms with E-state index in [1.807, 2.05) is 33.2 Å². The summed E-state index contributed by atoms with van der Waals surface area (Å²) in [5.41, 5.74) is 3.70. The highest BCUT2D eigenvalue weighted by Crippen LogP contribution is 2.16. The van der Waals surface area contributed by atoms with Gasteiger partial charge in [-0.15, -0.1) is 13.2 Å². The molecule has 0 aliphatic rings. The molecule has 1 aromatic carbocycles. The van der Waals surface area contributed by atoms with Crippen LogP contribution in [0.2, 0.25) is 0 Å². The first kappa shape index (κ1) is 29.9. The Morgan fingerprint density at radius 1 is 1.07 bits per heavy atom. The summed E-state index contributed by atoms with van der Waals surface area (Å²) >= 11 is 0. The molecule has 1 unspecified atom stereocenters. The Labute approximate surface area is 171 Å². The predicted molar refractivity (Wildman–Crippen MR) is 128 cm³/mol. The maximum atomic E-state index is 3.85. The van der Waals surface area contributed by atoms with Crippen LogP contribution >= 0.6 is 0 Å². The standard InChI is InChI=1S/C17H26N2.C4H10.C2H6.C2H4/c1-6-16(13-18-4)17-10-8-15(9-11-17)12-14(3)19(5)7-2;1-4(2)3;2*1-2/h6,8-11,13-14,18H,1,7,12H2,2-5H3;4H,1-3H3;1-2H3;1-2H2/b16-13+;;;. The number of benzene rings is 1. The fourth-order valence-corrected chi connectivity index (χ4v) is 2.06. The van der Waals surface area contributed by atoms with Gasteiger partial charge in [0.05, 0.1) is 0 Å². The molecule has 156 valence electrons. The van der Waals surface area contributed by atoms with E-state index in [0.717, 1.165) is 24.5 Å². The summed E-state index contributed by atoms with van der Waals surface area (Å²) in [5, 5.41) is 3.05. The number of nitrogens with zero attached hydrogens (tertiary/aromatic N) is 1. The fourth-order valence-electron chi connectivity index (χ4n) is 2.06. The normalized spacial score (nSPS) is 11.1. The average molecular weight is 375 g/mol. The number of hydrogen-bond acceptors (Lipinski definition) is 2. The third-order valence-corrected chi connectivity index (χ3v) is 3.59. The zero-order valence-corrected chi connectivity index (χ0v) is 19.6. The summed E-state index contributed by atoms with van der Waals surface area (Å²) in [4.78, 5) is 2.37. The maximum absolute atomic E-state index is 3.85. The minimum absolute atomic E-state index is 0.572. The maximum Gasteiger partial charge on any atom is 0.0104 e. The number of hydrogen-bond donors (Lipinski definition) is 1. The van der Waals surface area contributed by atoms with Gasteiger partial charge >= 0.3 is 0 Å². The molecule has 0 bridgehead atoms. The van der Waals surface area contributed by atoms with Crippen LogP contribution in [0.1, 0.15) is 59.6 Å². The van der Waals surface area contributed by atoms with Crippen molar-refractivity contribution in [3.05, 3.63) is 67.4 Å². The summed E-state index contributed by atoms with van der Waals surface area (Å²) in [7, 11) is 4.07. The van der Waals surface area contributed by atoms with E-state index < -0.39 is 0 Å². The van der Waals surface area contributed by atoms with Gasteiger partial charge in [-0.25, -0.2) is 0 Å². The van der Waals surface area contributed by atoms with E-state index in [0.29, 0.717) is 6.04 Å². The highest BCUT2D eigenvalue weighted by atomic mass is 15.1. The number of rotatable bonds is 7. The molecule has 0 spiro atoms. The summed E-state index contributed by atoms with van der Waals surface area (Å²) in [6.45, 7) is 25.9. The van der Waals surface area contributed by atoms with Crippen molar-refractivity contribution in [2.24, 2.45) is 5.92 Å². The minimum atomic E-state index is 0.572. The van der Waals surface area contributed by atoms with E-state index in [2.05, 4.69) is 95.9 Å². The molecule has 0 saturated carbocycles. The third-order valence-electron chi connectivity index (χ3n) is 3.59. The largest absolute Gasteiger partial charge is 0.393 e. The molecule has 0 saturated heterocycles. The van der Waals surface area contributed by atoms with Crippen molar-refractivity contribution in [3.8, 4) is 0 Å². The van der Waals surface area contributed by atoms with Crippen molar-refractivity contribution in [2.45, 2.75) is 60.9 Å². The van der Waals surface area contributed by atoms with E-state index in [1.165, 1.54) is 11.1 Å². The molecule has 2 heteroatoms. The zero-order chi connectivity index (χ0) is 21.8. The average Bonchev–Trinajstić information content (AvgIpc) is 2.68. The number of likely N-dealkylation sites (N-methyl/N-ethyl adjacent to an activating group) is 1. The van der Waals surface area contributed by atoms with E-state index in [-0.39, 0.29) is 0 Å². The van der Waals surface area contributed by atoms with Gasteiger partial charge in [0.2, 0.25) is 0 Å². The Bertz CT molecular complexity index is 469. The highest BCUT2D eigenvalue weighted by Gasteiger charge is 2.08. The van der Waals surface area contributed by atoms with Crippen molar-refractivity contribution < 1.29 is 0 Å². The van der Waals surface area contributed by atoms with Gasteiger partial charge in [-0.05, 0) is 49.6 Å². The van der Waals surface area contributed by atoms with Gasteiger partial charge in [0.15, 0.2) is 0 Å². The van der Waals surface area contributed by atoms with Crippen LogP contribution in [0.3, 0.4) is 0 Å². The van der Waals surface area contributed by atoms with E-state index in [4.69, 9.17) is 0 Å². The SMILES string of the molecule is C=C.C=C/C(=C\NC)c1ccc(CC(C)N(C)CC)cc1.CC.CC(C)C. The molecule has 1 N–H and O–H groups in total. The Hall–Kier alpha value is -1.80. The van der Waals surface area contributed by atoms with Gasteiger partial charge in [0, 0.05) is 19.3 Å². The predicted octanol–water partition coefficient (Wildman–Crippen LogP) is 6.81. The Morgan fingerprint density at radius 2 is 1.52 bits per heavy atom. The molecule has 0 aliphatic carbocycles. The fraction of sp³-hybridized carbons (Fsp3) is 0.520. The molecule has 0 aromatic heterocycles. The monoisotopic (exact) mass is 374 g/mol. The molecule has 0 aliphatic heterocycles. The van der Waals surface area contributed by atoms with Crippen LogP contribution in [0.15, 0.2) is 56.3 Å². The van der Waals surface area contributed by atoms with Gasteiger partial charge in [-0.3, -0.25) is 0 Å². The first-order valence-electron chi connectivity index (χ1n) is 10.1. The minimum Gasteiger partial charge on any atom is -0.393 e. The van der Waals surface area contributed by atoms with Crippen molar-refractivity contribution in [1.29, 1.82) is 0 Å². The van der Waals surface area contributed by atoms with Crippen LogP contribution in [0.25, 0.3) is 5.57 Å². The third kappa shape index (κ3) is 16.1. The van der Waals surface area contributed by atoms with Gasteiger partial charge in [-0.1, -0.05) is 78.5 Å². The second-order valence-electron chi connectivity index (χ2n) is 6.65. The Kier molecular flexibility index (Phi) is 22.7. The van der Waals surface area contributed by atoms with Gasteiger partial charge in [0.1, 0.15) is 0 Å². The second kappa shape index (κ2) is 20.5. The molecule has 1 rings (SSSR count). The van der Waals surface area contributed by atoms with Crippen LogP contribution in [0, 0.1) is 5.92 Å². The molecule has 0 radical (unpaired) electrons. The van der Waals surface area contributed by atoms with Gasteiger partial charge in [0.25, 0.3) is 0 Å². The summed E-state index contributed by atoms with van der Waals surface area (Å²) in [5.74, 6) is 0.833. The smallest absolute Gasteiger partial charge is 0.0104 e. The van der Waals surface area contributed by atoms with Crippen LogP contribution in [-0.4, -0.2) is 31.6 Å². The number of nitrogens with one attached hydrogen (secondary N) is 1. The van der Waals surface area contributed by atoms with Crippen molar-refractivity contribution >= 4 is 5.57 Å². The number of allylic oxidation sites excluding steroid dienone is 2. The lowest BCUT2D eigenvalue weighted by molar-refractivity contribution is 0.270. The van der Waals surface area contributed by atoms with Crippen LogP contribution in [-0.2, 0) is 6.42 Å². The van der Waals surface area contributed by atoms with Crippen LogP contribution in [0.5, 0.6) is 0 Å². The highest BCUT2D eigenvalue weighted by molar-refractivity contribution is 5.73. The van der Waals surface area contributed by atoms with Crippen molar-refractivity contribution in [2.75, 3.05) is 20.6 Å². The summed E-state index contributed by atoms with van der Waals surface area (Å²) < 4.78 is 0. The van der Waals surface area contributed by atoms with Crippen molar-refractivity contribution in [1.82, 2.24) is 10.2 Å². The van der Waals surface area contributed by atoms with Gasteiger partial charge < -0.3 is 10.2 Å². The van der Waals surface area contributed by atoms with Gasteiger partial charge in [-0.2, -0.15) is 0 Å². The van der Waals surface area contributed by atoms with E-state index in [1.54, 1.807) is 0 Å². The lowest BCUT2D eigenvalue weighted by Gasteiger charge is -2.23. The lowest BCUT2D eigenvalue weighted by Crippen LogP contribution is -2.30. The molecule has 0 fully saturated rings. The topological polar surface area (TPSA) is 15.3 Å². The first-order valence-corrected chi connectivity index (χ1v) is 10.1. The Balaban J connectivity index is -0.000000621. The quantitative estimate of drug-likeness (QED) is 0.417. The molecular weight excluding hydrogens is 328 g/mol. The lowest BCUT2D eigenvalue weighted by atomic mass is 10.0. The molecule has 0 amide bonds.